The molecule has 1 aliphatic heterocycles. The fraction of sp³-hybridized carbons (Fsp3) is 0.632. The second kappa shape index (κ2) is 6.65. The van der Waals surface area contributed by atoms with Crippen molar-refractivity contribution in [2.24, 2.45) is 17.8 Å². The van der Waals surface area contributed by atoms with Crippen molar-refractivity contribution in [3.63, 3.8) is 0 Å². The molecule has 134 valence electrons. The summed E-state index contributed by atoms with van der Waals surface area (Å²) in [4.78, 5) is 33.4. The van der Waals surface area contributed by atoms with E-state index in [4.69, 9.17) is 0 Å². The number of carbonyl (C=O) groups is 2. The average molecular weight is 342 g/mol. The van der Waals surface area contributed by atoms with Crippen molar-refractivity contribution in [2.45, 2.75) is 38.3 Å². The van der Waals surface area contributed by atoms with Crippen LogP contribution in [0.1, 0.15) is 31.4 Å². The van der Waals surface area contributed by atoms with Crippen molar-refractivity contribution in [2.75, 3.05) is 20.1 Å². The molecule has 6 heteroatoms. The minimum absolute atomic E-state index is 0.0543. The molecule has 1 aromatic heterocycles. The van der Waals surface area contributed by atoms with Crippen LogP contribution in [0, 0.1) is 17.8 Å². The maximum atomic E-state index is 13.0. The van der Waals surface area contributed by atoms with Crippen LogP contribution in [-0.4, -0.2) is 52.9 Å². The second-order valence-electron chi connectivity index (χ2n) is 7.77. The Labute approximate surface area is 148 Å². The molecule has 2 saturated carbocycles. The van der Waals surface area contributed by atoms with Gasteiger partial charge < -0.3 is 15.1 Å². The summed E-state index contributed by atoms with van der Waals surface area (Å²) in [5, 5.41) is 3.08. The molecule has 3 fully saturated rings. The van der Waals surface area contributed by atoms with Gasteiger partial charge in [-0.3, -0.25) is 9.78 Å². The van der Waals surface area contributed by atoms with E-state index in [-0.39, 0.29) is 17.9 Å². The molecular weight excluding hydrogens is 316 g/mol. The molecule has 2 heterocycles. The minimum Gasteiger partial charge on any atom is -0.340 e. The Bertz CT molecular complexity index is 632. The van der Waals surface area contributed by atoms with Crippen LogP contribution in [0.15, 0.2) is 24.4 Å². The van der Waals surface area contributed by atoms with E-state index in [9.17, 15) is 9.59 Å². The van der Waals surface area contributed by atoms with E-state index in [0.29, 0.717) is 37.5 Å². The van der Waals surface area contributed by atoms with Gasteiger partial charge in [-0.25, -0.2) is 4.79 Å². The molecule has 2 aliphatic carbocycles. The van der Waals surface area contributed by atoms with Gasteiger partial charge in [-0.1, -0.05) is 6.07 Å². The zero-order valence-corrected chi connectivity index (χ0v) is 14.7. The number of amides is 3. The predicted molar refractivity (Wildman–Crippen MR) is 93.5 cm³/mol. The summed E-state index contributed by atoms with van der Waals surface area (Å²) in [6.45, 7) is 1.97. The third-order valence-corrected chi connectivity index (χ3v) is 5.81. The molecule has 6 nitrogen and oxygen atoms in total. The summed E-state index contributed by atoms with van der Waals surface area (Å²) in [7, 11) is 1.86. The second-order valence-corrected chi connectivity index (χ2v) is 7.77. The monoisotopic (exact) mass is 342 g/mol. The van der Waals surface area contributed by atoms with Gasteiger partial charge in [0.25, 0.3) is 0 Å². The quantitative estimate of drug-likeness (QED) is 0.908. The first kappa shape index (κ1) is 16.4. The first-order valence-electron chi connectivity index (χ1n) is 9.32. The molecule has 0 aromatic carbocycles. The number of hydrogen-bond acceptors (Lipinski definition) is 3. The largest absolute Gasteiger partial charge is 0.340 e. The molecule has 0 unspecified atom stereocenters. The first-order valence-corrected chi connectivity index (χ1v) is 9.32. The number of nitrogens with zero attached hydrogens (tertiary/aromatic N) is 3. The van der Waals surface area contributed by atoms with Gasteiger partial charge in [-0.15, -0.1) is 0 Å². The lowest BCUT2D eigenvalue weighted by molar-refractivity contribution is -0.139. The Hall–Kier alpha value is -2.11. The smallest absolute Gasteiger partial charge is 0.317 e. The molecule has 2 bridgehead atoms. The van der Waals surface area contributed by atoms with Crippen LogP contribution in [0.3, 0.4) is 0 Å². The van der Waals surface area contributed by atoms with Gasteiger partial charge in [-0.2, -0.15) is 0 Å². The van der Waals surface area contributed by atoms with Crippen LogP contribution in [0.2, 0.25) is 0 Å². The Morgan fingerprint density at radius 2 is 1.92 bits per heavy atom. The number of nitrogens with one attached hydrogen (secondary N) is 1. The molecule has 3 amide bonds. The highest BCUT2D eigenvalue weighted by Crippen LogP contribution is 2.43. The van der Waals surface area contributed by atoms with Crippen LogP contribution in [0.4, 0.5) is 4.79 Å². The van der Waals surface area contributed by atoms with Crippen molar-refractivity contribution in [3.8, 4) is 0 Å². The zero-order valence-electron chi connectivity index (χ0n) is 14.7. The van der Waals surface area contributed by atoms with Gasteiger partial charge in [0.15, 0.2) is 0 Å². The van der Waals surface area contributed by atoms with Crippen molar-refractivity contribution in [1.29, 1.82) is 0 Å². The minimum atomic E-state index is 0.0543. The van der Waals surface area contributed by atoms with Crippen molar-refractivity contribution < 1.29 is 9.59 Å². The van der Waals surface area contributed by atoms with E-state index in [1.54, 1.807) is 11.1 Å². The van der Waals surface area contributed by atoms with Crippen molar-refractivity contribution >= 4 is 11.9 Å². The highest BCUT2D eigenvalue weighted by atomic mass is 16.2. The lowest BCUT2D eigenvalue weighted by atomic mass is 9.84. The number of piperidine rings is 1. The fourth-order valence-electron chi connectivity index (χ4n) is 4.35. The van der Waals surface area contributed by atoms with Gasteiger partial charge >= 0.3 is 6.03 Å². The summed E-state index contributed by atoms with van der Waals surface area (Å²) in [5.41, 5.74) is 0.909. The Morgan fingerprint density at radius 1 is 1.20 bits per heavy atom. The number of aromatic nitrogens is 1. The fourth-order valence-corrected chi connectivity index (χ4v) is 4.35. The van der Waals surface area contributed by atoms with Gasteiger partial charge in [0.05, 0.1) is 12.2 Å². The van der Waals surface area contributed by atoms with Crippen molar-refractivity contribution in [1.82, 2.24) is 20.1 Å². The van der Waals surface area contributed by atoms with Gasteiger partial charge in [-0.05, 0) is 49.7 Å². The highest BCUT2D eigenvalue weighted by molar-refractivity contribution is 5.81. The Kier molecular flexibility index (Phi) is 4.36. The topological polar surface area (TPSA) is 65.5 Å². The van der Waals surface area contributed by atoms with Crippen LogP contribution in [-0.2, 0) is 11.3 Å². The molecule has 1 N–H and O–H groups in total. The number of carbonyl (C=O) groups excluding carboxylic acids is 2. The normalized spacial score (nSPS) is 27.9. The lowest BCUT2D eigenvalue weighted by Gasteiger charge is -2.38. The molecule has 3 aliphatic rings. The maximum absolute atomic E-state index is 13.0. The number of fused-ring (bicyclic) bond motifs is 2. The molecule has 0 radical (unpaired) electrons. The van der Waals surface area contributed by atoms with E-state index < -0.39 is 0 Å². The molecule has 2 atom stereocenters. The van der Waals surface area contributed by atoms with Gasteiger partial charge in [0.2, 0.25) is 5.91 Å². The zero-order chi connectivity index (χ0) is 17.4. The Morgan fingerprint density at radius 3 is 2.52 bits per heavy atom. The SMILES string of the molecule is CN(Cc1ccccn1)C(=O)C1[C@H]2CC[C@H]1CN(C(=O)NC1CC1)C2. The predicted octanol–water partition coefficient (Wildman–Crippen LogP) is 1.87. The van der Waals surface area contributed by atoms with Gasteiger partial charge in [0.1, 0.15) is 0 Å². The highest BCUT2D eigenvalue weighted by Gasteiger charge is 2.47. The third-order valence-electron chi connectivity index (χ3n) is 5.81. The summed E-state index contributed by atoms with van der Waals surface area (Å²) in [5.74, 6) is 0.851. The van der Waals surface area contributed by atoms with E-state index >= 15 is 0 Å². The van der Waals surface area contributed by atoms with E-state index in [2.05, 4.69) is 10.3 Å². The van der Waals surface area contributed by atoms with Crippen molar-refractivity contribution in [3.05, 3.63) is 30.1 Å². The third kappa shape index (κ3) is 3.48. The molecule has 25 heavy (non-hydrogen) atoms. The summed E-state index contributed by atoms with van der Waals surface area (Å²) < 4.78 is 0. The van der Waals surface area contributed by atoms with Crippen LogP contribution < -0.4 is 5.32 Å². The number of hydrogen-bond donors (Lipinski definition) is 1. The maximum Gasteiger partial charge on any atom is 0.317 e. The molecule has 1 aromatic rings. The van der Waals surface area contributed by atoms with E-state index in [1.165, 1.54) is 0 Å². The Balaban J connectivity index is 1.38. The molecule has 4 rings (SSSR count). The molecule has 1 saturated heterocycles. The number of rotatable bonds is 4. The van der Waals surface area contributed by atoms with Crippen LogP contribution in [0.25, 0.3) is 0 Å². The lowest BCUT2D eigenvalue weighted by Crippen LogP contribution is -2.52. The number of likely N-dealkylation sites (tertiary alicyclic amines) is 1. The number of urea groups is 1. The summed E-state index contributed by atoms with van der Waals surface area (Å²) in [6.07, 6.45) is 6.06. The van der Waals surface area contributed by atoms with E-state index in [1.807, 2.05) is 30.1 Å². The number of pyridine rings is 1. The van der Waals surface area contributed by atoms with Crippen LogP contribution >= 0.6 is 0 Å². The summed E-state index contributed by atoms with van der Waals surface area (Å²) in [6, 6.07) is 6.22. The summed E-state index contributed by atoms with van der Waals surface area (Å²) >= 11 is 0. The standard InChI is InChI=1S/C19H26N4O2/c1-22(12-16-4-2-3-9-20-16)18(24)17-13-5-6-14(17)11-23(10-13)19(25)21-15-7-8-15/h2-4,9,13-15,17H,5-8,10-12H2,1H3,(H,21,25)/t13-,14-/m0/s1. The van der Waals surface area contributed by atoms with Gasteiger partial charge in [0, 0.05) is 38.3 Å². The van der Waals surface area contributed by atoms with E-state index in [0.717, 1.165) is 31.4 Å². The first-order chi connectivity index (χ1) is 12.1. The molecular formula is C19H26N4O2. The molecule has 0 spiro atoms. The average Bonchev–Trinajstić information content (AvgIpc) is 3.39. The van der Waals surface area contributed by atoms with Crippen LogP contribution in [0.5, 0.6) is 0 Å².